The fourth-order valence-electron chi connectivity index (χ4n) is 11.2. The van der Waals surface area contributed by atoms with E-state index < -0.39 is 23.6 Å². The quantitative estimate of drug-likeness (QED) is 0.157. The molecule has 3 aromatic carbocycles. The molecule has 428 valence electrons. The maximum Gasteiger partial charge on any atom is 0.258 e. The first-order chi connectivity index (χ1) is 40.7. The van der Waals surface area contributed by atoms with Crippen LogP contribution in [0.15, 0.2) is 142 Å². The SMILES string of the molecule is COc1ccc(-c2cc(=O)n3cc(N4C[C@H](O)[C@@H](N5CCCC5)C4)ccc3n2)cc1F.C[C@H]1CN(c2ccc3nc(-c4cc(F)cc(C#N)c4)cc(=O)n3c2)CCN1.N#Cc1cc(F)cc(-c2cc(=O)n3cc(N4CCNCC4)ccc3n2)c1. The number of nitrogens with zero attached hydrogens (tertiary/aromatic N) is 12. The average Bonchev–Trinajstić information content (AvgIpc) is 2.96. The van der Waals surface area contributed by atoms with Crippen LogP contribution in [0.3, 0.4) is 0 Å². The van der Waals surface area contributed by atoms with Crippen molar-refractivity contribution in [1.82, 2.24) is 43.7 Å². The minimum atomic E-state index is -0.533. The molecule has 0 unspecified atom stereocenters. The second-order valence-corrected chi connectivity index (χ2v) is 21.1. The van der Waals surface area contributed by atoms with Crippen LogP contribution in [0.1, 0.15) is 30.9 Å². The van der Waals surface area contributed by atoms with Gasteiger partial charge in [0.25, 0.3) is 16.7 Å². The lowest BCUT2D eigenvalue weighted by atomic mass is 10.1. The first-order valence-corrected chi connectivity index (χ1v) is 27.7. The third-order valence-corrected chi connectivity index (χ3v) is 15.5. The maximum atomic E-state index is 14.1. The highest BCUT2D eigenvalue weighted by molar-refractivity contribution is 5.67. The zero-order valence-electron chi connectivity index (χ0n) is 46.1. The number of aromatic nitrogens is 6. The van der Waals surface area contributed by atoms with E-state index in [2.05, 4.69) is 52.1 Å². The molecule has 6 aromatic heterocycles. The summed E-state index contributed by atoms with van der Waals surface area (Å²) in [4.78, 5) is 60.4. The number of rotatable bonds is 8. The zero-order valence-corrected chi connectivity index (χ0v) is 46.1. The third kappa shape index (κ3) is 12.3. The van der Waals surface area contributed by atoms with E-state index in [1.807, 2.05) is 30.3 Å². The predicted molar refractivity (Wildman–Crippen MR) is 314 cm³/mol. The Morgan fingerprint density at radius 3 is 1.54 bits per heavy atom. The molecule has 13 rings (SSSR count). The Morgan fingerprint density at radius 2 is 1.05 bits per heavy atom. The summed E-state index contributed by atoms with van der Waals surface area (Å²) in [6.45, 7) is 11.7. The molecular weight excluding hydrogens is 1080 g/mol. The molecule has 0 saturated carbocycles. The molecule has 22 heteroatoms. The van der Waals surface area contributed by atoms with E-state index >= 15 is 0 Å². The zero-order chi connectivity index (χ0) is 58.6. The van der Waals surface area contributed by atoms with Crippen molar-refractivity contribution in [2.75, 3.05) is 93.8 Å². The number of aliphatic hydroxyl groups excluding tert-OH is 1. The smallest absolute Gasteiger partial charge is 0.258 e. The van der Waals surface area contributed by atoms with Gasteiger partial charge in [0.15, 0.2) is 11.6 Å². The van der Waals surface area contributed by atoms with E-state index in [4.69, 9.17) is 15.3 Å². The van der Waals surface area contributed by atoms with Crippen LogP contribution in [0.4, 0.5) is 30.2 Å². The molecule has 9 aromatic rings. The van der Waals surface area contributed by atoms with E-state index in [0.29, 0.717) is 63.3 Å². The van der Waals surface area contributed by atoms with Crippen LogP contribution in [0.5, 0.6) is 5.75 Å². The fraction of sp³-hybridized carbons (Fsp3) is 0.290. The molecule has 0 bridgehead atoms. The van der Waals surface area contributed by atoms with Gasteiger partial charge in [0.2, 0.25) is 0 Å². The number of methoxy groups -OCH3 is 1. The van der Waals surface area contributed by atoms with E-state index in [1.165, 1.54) is 87.8 Å². The summed E-state index contributed by atoms with van der Waals surface area (Å²) in [6.07, 6.45) is 7.30. The second kappa shape index (κ2) is 24.6. The Labute approximate surface area is 480 Å². The summed E-state index contributed by atoms with van der Waals surface area (Å²) in [5.41, 5.74) is 6.33. The first-order valence-electron chi connectivity index (χ1n) is 27.7. The van der Waals surface area contributed by atoms with Gasteiger partial charge in [0.1, 0.15) is 28.6 Å². The van der Waals surface area contributed by atoms with Gasteiger partial charge in [0.05, 0.1) is 76.7 Å². The molecule has 19 nitrogen and oxygen atoms in total. The van der Waals surface area contributed by atoms with Gasteiger partial charge in [0, 0.05) is 118 Å². The van der Waals surface area contributed by atoms with Crippen molar-refractivity contribution in [3.63, 3.8) is 0 Å². The summed E-state index contributed by atoms with van der Waals surface area (Å²) in [5.74, 6) is -1.42. The number of piperazine rings is 2. The number of hydrogen-bond acceptors (Lipinski definition) is 16. The van der Waals surface area contributed by atoms with Crippen LogP contribution in [0.2, 0.25) is 0 Å². The van der Waals surface area contributed by atoms with Crippen molar-refractivity contribution < 1.29 is 23.0 Å². The van der Waals surface area contributed by atoms with Crippen LogP contribution in [-0.4, -0.2) is 135 Å². The molecule has 4 saturated heterocycles. The average molecular weight is 1140 g/mol. The fourth-order valence-corrected chi connectivity index (χ4v) is 11.2. The first kappa shape index (κ1) is 56.4. The minimum absolute atomic E-state index is 0.125. The maximum absolute atomic E-state index is 14.1. The largest absolute Gasteiger partial charge is 0.494 e. The molecule has 4 fully saturated rings. The van der Waals surface area contributed by atoms with Gasteiger partial charge in [-0.05, 0) is 124 Å². The Kier molecular flexibility index (Phi) is 16.5. The molecule has 3 N–H and O–H groups in total. The molecule has 0 spiro atoms. The normalized spacial score (nSPS) is 18.0. The summed E-state index contributed by atoms with van der Waals surface area (Å²) in [7, 11) is 1.41. The van der Waals surface area contributed by atoms with Crippen LogP contribution >= 0.6 is 0 Å². The van der Waals surface area contributed by atoms with Gasteiger partial charge in [-0.2, -0.15) is 10.5 Å². The van der Waals surface area contributed by atoms with Gasteiger partial charge in [-0.25, -0.2) is 28.1 Å². The predicted octanol–water partition coefficient (Wildman–Crippen LogP) is 6.11. The Morgan fingerprint density at radius 1 is 0.560 bits per heavy atom. The minimum Gasteiger partial charge on any atom is -0.494 e. The number of ether oxygens (including phenoxy) is 1. The number of halogens is 3. The van der Waals surface area contributed by atoms with Gasteiger partial charge in [-0.15, -0.1) is 0 Å². The molecule has 84 heavy (non-hydrogen) atoms. The van der Waals surface area contributed by atoms with Crippen molar-refractivity contribution in [3.05, 3.63) is 187 Å². The van der Waals surface area contributed by atoms with Crippen LogP contribution in [-0.2, 0) is 0 Å². The van der Waals surface area contributed by atoms with Crippen molar-refractivity contribution in [2.24, 2.45) is 0 Å². The van der Waals surface area contributed by atoms with Gasteiger partial charge < -0.3 is 35.2 Å². The van der Waals surface area contributed by atoms with Crippen LogP contribution in [0, 0.1) is 40.1 Å². The molecule has 4 aliphatic heterocycles. The highest BCUT2D eigenvalue weighted by atomic mass is 19.1. The number of nitrogens with one attached hydrogen (secondary N) is 2. The van der Waals surface area contributed by atoms with Crippen molar-refractivity contribution in [2.45, 2.75) is 38.0 Å². The second-order valence-electron chi connectivity index (χ2n) is 21.1. The number of likely N-dealkylation sites (tertiary alicyclic amines) is 1. The van der Waals surface area contributed by atoms with Crippen LogP contribution < -0.4 is 46.7 Å². The monoisotopic (exact) mass is 1140 g/mol. The lowest BCUT2D eigenvalue weighted by Gasteiger charge is -2.33. The Balaban J connectivity index is 0.000000132. The molecule has 3 atom stereocenters. The van der Waals surface area contributed by atoms with E-state index in [1.54, 1.807) is 42.9 Å². The number of pyridine rings is 3. The number of fused-ring (bicyclic) bond motifs is 3. The van der Waals surface area contributed by atoms with Crippen molar-refractivity contribution in [3.8, 4) is 51.7 Å². The molecule has 4 aliphatic rings. The van der Waals surface area contributed by atoms with E-state index in [-0.39, 0.29) is 39.6 Å². The van der Waals surface area contributed by atoms with Gasteiger partial charge in [-0.1, -0.05) is 0 Å². The summed E-state index contributed by atoms with van der Waals surface area (Å²) < 4.78 is 51.0. The van der Waals surface area contributed by atoms with E-state index in [0.717, 1.165) is 94.6 Å². The standard InChI is InChI=1S/C23H25FN4O3.C20H18FN5O.C19H16FN5O/c1-31-21-6-4-15(10-17(21)24)18-11-23(30)28-12-16(5-7-22(28)25-18)27-13-19(20(29)14-27)26-8-2-3-9-26;1-13-11-25(5-4-23-13)17-2-3-19-24-18(9-20(27)26(19)12-17)15-6-14(10-22)7-16(21)8-15;20-15-8-13(11-21)7-14(9-15)17-10-19(26)25-12-16(1-2-18(25)23-17)24-5-3-22-4-6-24/h4-7,10-12,19-20,29H,2-3,8-9,13-14H2,1H3;2-3,6-9,12-13,23H,4-5,11H2,1H3;1-2,7-10,12,22H,3-6H2/t19-,20-;13-;/m00./s1. The summed E-state index contributed by atoms with van der Waals surface area (Å²) >= 11 is 0. The van der Waals surface area contributed by atoms with Crippen LogP contribution in [0.25, 0.3) is 50.7 Å². The lowest BCUT2D eigenvalue weighted by molar-refractivity contribution is 0.0986. The lowest BCUT2D eigenvalue weighted by Crippen LogP contribution is -2.49. The third-order valence-electron chi connectivity index (χ3n) is 15.5. The molecule has 0 radical (unpaired) electrons. The highest BCUT2D eigenvalue weighted by Crippen LogP contribution is 2.29. The molecule has 10 heterocycles. The molecule has 0 amide bonds. The molecule has 0 aliphatic carbocycles. The summed E-state index contributed by atoms with van der Waals surface area (Å²) in [5, 5.41) is 35.3. The van der Waals surface area contributed by atoms with Gasteiger partial charge >= 0.3 is 0 Å². The van der Waals surface area contributed by atoms with Crippen molar-refractivity contribution in [1.29, 1.82) is 10.5 Å². The number of hydrogen-bond donors (Lipinski definition) is 3. The number of β-amino-alcohol motifs (C(OH)–C–C–N with tert-alkyl or cyclic N) is 1. The number of nitriles is 2. The Hall–Kier alpha value is -9.45. The van der Waals surface area contributed by atoms with E-state index in [9.17, 15) is 32.7 Å². The topological polar surface area (TPSA) is 217 Å². The Bertz CT molecular complexity index is 4230. The van der Waals surface area contributed by atoms with Gasteiger partial charge in [-0.3, -0.25) is 32.5 Å². The van der Waals surface area contributed by atoms with Crippen molar-refractivity contribution >= 4 is 34.0 Å². The summed E-state index contributed by atoms with van der Waals surface area (Å²) in [6, 6.07) is 32.0. The number of benzene rings is 3. The highest BCUT2D eigenvalue weighted by Gasteiger charge is 2.37. The molecular formula is C62H59F3N14O5. The number of aliphatic hydroxyl groups is 1. The number of anilines is 3.